The largest absolute Gasteiger partial charge is 0.362 e. The summed E-state index contributed by atoms with van der Waals surface area (Å²) in [6, 6.07) is 13.0. The van der Waals surface area contributed by atoms with Gasteiger partial charge in [0.1, 0.15) is 0 Å². The number of halogens is 1. The van der Waals surface area contributed by atoms with E-state index in [0.717, 1.165) is 4.47 Å². The Labute approximate surface area is 129 Å². The predicted octanol–water partition coefficient (Wildman–Crippen LogP) is 4.17. The van der Waals surface area contributed by atoms with Gasteiger partial charge in [0.15, 0.2) is 5.78 Å². The van der Waals surface area contributed by atoms with Gasteiger partial charge >= 0.3 is 0 Å². The van der Waals surface area contributed by atoms with Gasteiger partial charge in [0.2, 0.25) is 0 Å². The van der Waals surface area contributed by atoms with Crippen LogP contribution in [0.25, 0.3) is 0 Å². The van der Waals surface area contributed by atoms with Crippen LogP contribution in [0.4, 0.5) is 11.4 Å². The normalized spacial score (nSPS) is 10.5. The lowest BCUT2D eigenvalue weighted by molar-refractivity contribution is -0.384. The Morgan fingerprint density at radius 1 is 1.10 bits per heavy atom. The Bertz CT molecular complexity index is 679. The predicted molar refractivity (Wildman–Crippen MR) is 84.3 cm³/mol. The fourth-order valence-corrected chi connectivity index (χ4v) is 1.87. The summed E-state index contributed by atoms with van der Waals surface area (Å²) < 4.78 is 0.909. The minimum Gasteiger partial charge on any atom is -0.362 e. The number of anilines is 1. The first-order chi connectivity index (χ1) is 10.1. The number of nitrogens with zero attached hydrogens (tertiary/aromatic N) is 1. The van der Waals surface area contributed by atoms with Gasteiger partial charge in [0.25, 0.3) is 5.69 Å². The van der Waals surface area contributed by atoms with E-state index in [9.17, 15) is 14.9 Å². The lowest BCUT2D eigenvalue weighted by Crippen LogP contribution is -1.96. The van der Waals surface area contributed by atoms with E-state index in [0.29, 0.717) is 11.3 Å². The van der Waals surface area contributed by atoms with Crippen LogP contribution in [0, 0.1) is 10.1 Å². The summed E-state index contributed by atoms with van der Waals surface area (Å²) in [6.45, 7) is 0. The van der Waals surface area contributed by atoms with Crippen LogP contribution in [-0.2, 0) is 0 Å². The molecule has 0 unspecified atom stereocenters. The molecule has 2 aromatic rings. The van der Waals surface area contributed by atoms with Gasteiger partial charge in [-0.05, 0) is 36.4 Å². The smallest absolute Gasteiger partial charge is 0.269 e. The Balaban J connectivity index is 1.97. The summed E-state index contributed by atoms with van der Waals surface area (Å²) in [5.41, 5.74) is 1.27. The highest BCUT2D eigenvalue weighted by Gasteiger charge is 2.03. The summed E-state index contributed by atoms with van der Waals surface area (Å²) >= 11 is 3.30. The molecule has 0 saturated heterocycles. The minimum absolute atomic E-state index is 0.0236. The van der Waals surface area contributed by atoms with Crippen LogP contribution in [0.15, 0.2) is 65.3 Å². The Hall–Kier alpha value is -2.47. The van der Waals surface area contributed by atoms with E-state index in [1.165, 1.54) is 24.4 Å². The van der Waals surface area contributed by atoms with Gasteiger partial charge in [0, 0.05) is 40.1 Å². The lowest BCUT2D eigenvalue weighted by Gasteiger charge is -2.00. The third-order valence-corrected chi connectivity index (χ3v) is 3.22. The molecule has 0 bridgehead atoms. The summed E-state index contributed by atoms with van der Waals surface area (Å²) in [5.74, 6) is -0.128. The molecule has 0 aromatic heterocycles. The molecule has 0 aliphatic carbocycles. The Morgan fingerprint density at radius 2 is 1.71 bits per heavy atom. The van der Waals surface area contributed by atoms with Crippen molar-refractivity contribution in [2.45, 2.75) is 0 Å². The molecule has 5 nitrogen and oxygen atoms in total. The molecule has 0 fully saturated rings. The fourth-order valence-electron chi connectivity index (χ4n) is 1.60. The monoisotopic (exact) mass is 346 g/mol. The van der Waals surface area contributed by atoms with Gasteiger partial charge in [-0.25, -0.2) is 0 Å². The number of nitro groups is 1. The highest BCUT2D eigenvalue weighted by atomic mass is 79.9. The second-order valence-corrected chi connectivity index (χ2v) is 5.07. The Morgan fingerprint density at radius 3 is 2.29 bits per heavy atom. The maximum Gasteiger partial charge on any atom is 0.269 e. The number of carbonyl (C=O) groups excluding carboxylic acids is 1. The second-order valence-electron chi connectivity index (χ2n) is 4.15. The molecule has 0 aliphatic rings. The summed E-state index contributed by atoms with van der Waals surface area (Å²) in [4.78, 5) is 21.9. The van der Waals surface area contributed by atoms with Crippen molar-refractivity contribution in [1.29, 1.82) is 0 Å². The molecule has 0 radical (unpaired) electrons. The number of hydrogen-bond donors (Lipinski definition) is 1. The molecule has 21 heavy (non-hydrogen) atoms. The van der Waals surface area contributed by atoms with E-state index in [-0.39, 0.29) is 11.5 Å². The number of nitrogens with one attached hydrogen (secondary N) is 1. The van der Waals surface area contributed by atoms with Crippen molar-refractivity contribution in [2.24, 2.45) is 0 Å². The first-order valence-electron chi connectivity index (χ1n) is 6.04. The first-order valence-corrected chi connectivity index (χ1v) is 6.83. The zero-order valence-electron chi connectivity index (χ0n) is 10.8. The SMILES string of the molecule is O=C(/C=C\Nc1ccc([N+](=O)[O-])cc1)c1ccc(Br)cc1. The third kappa shape index (κ3) is 4.25. The van der Waals surface area contributed by atoms with E-state index in [1.54, 1.807) is 36.4 Å². The maximum absolute atomic E-state index is 11.9. The molecule has 2 rings (SSSR count). The van der Waals surface area contributed by atoms with Crippen molar-refractivity contribution in [3.8, 4) is 0 Å². The van der Waals surface area contributed by atoms with Crippen LogP contribution >= 0.6 is 15.9 Å². The minimum atomic E-state index is -0.462. The highest BCUT2D eigenvalue weighted by molar-refractivity contribution is 9.10. The molecule has 6 heteroatoms. The fraction of sp³-hybridized carbons (Fsp3) is 0. The van der Waals surface area contributed by atoms with Gasteiger partial charge in [0.05, 0.1) is 4.92 Å². The Kier molecular flexibility index (Phi) is 4.84. The quantitative estimate of drug-likeness (QED) is 0.381. The number of nitro benzene ring substituents is 1. The molecular formula is C15H11BrN2O3. The van der Waals surface area contributed by atoms with E-state index in [4.69, 9.17) is 0 Å². The number of ketones is 1. The molecular weight excluding hydrogens is 336 g/mol. The molecule has 0 spiro atoms. The van der Waals surface area contributed by atoms with E-state index >= 15 is 0 Å². The van der Waals surface area contributed by atoms with Gasteiger partial charge in [-0.15, -0.1) is 0 Å². The molecule has 0 atom stereocenters. The van der Waals surface area contributed by atoms with Crippen molar-refractivity contribution in [3.63, 3.8) is 0 Å². The number of carbonyl (C=O) groups is 1. The first kappa shape index (κ1) is 14.9. The number of rotatable bonds is 5. The van der Waals surface area contributed by atoms with Gasteiger partial charge in [-0.1, -0.05) is 15.9 Å². The van der Waals surface area contributed by atoms with Gasteiger partial charge in [-0.2, -0.15) is 0 Å². The lowest BCUT2D eigenvalue weighted by atomic mass is 10.1. The van der Waals surface area contributed by atoms with E-state index in [1.807, 2.05) is 0 Å². The summed E-state index contributed by atoms with van der Waals surface area (Å²) in [6.07, 6.45) is 2.91. The van der Waals surface area contributed by atoms with Crippen LogP contribution in [0.2, 0.25) is 0 Å². The van der Waals surface area contributed by atoms with Crippen LogP contribution in [-0.4, -0.2) is 10.7 Å². The number of allylic oxidation sites excluding steroid dienone is 1. The molecule has 0 saturated carbocycles. The molecule has 0 heterocycles. The van der Waals surface area contributed by atoms with Crippen LogP contribution < -0.4 is 5.32 Å². The van der Waals surface area contributed by atoms with Crippen LogP contribution in [0.5, 0.6) is 0 Å². The van der Waals surface area contributed by atoms with Crippen molar-refractivity contribution in [3.05, 3.63) is 81.0 Å². The molecule has 0 aliphatic heterocycles. The van der Waals surface area contributed by atoms with E-state index in [2.05, 4.69) is 21.2 Å². The number of non-ortho nitro benzene ring substituents is 1. The van der Waals surface area contributed by atoms with Crippen molar-refractivity contribution in [1.82, 2.24) is 0 Å². The zero-order valence-corrected chi connectivity index (χ0v) is 12.4. The number of benzene rings is 2. The van der Waals surface area contributed by atoms with E-state index < -0.39 is 4.92 Å². The van der Waals surface area contributed by atoms with Crippen molar-refractivity contribution < 1.29 is 9.72 Å². The van der Waals surface area contributed by atoms with Gasteiger partial charge in [-0.3, -0.25) is 14.9 Å². The van der Waals surface area contributed by atoms with Crippen LogP contribution in [0.1, 0.15) is 10.4 Å². The standard InChI is InChI=1S/C15H11BrN2O3/c16-12-3-1-11(2-4-12)15(19)9-10-17-13-5-7-14(8-6-13)18(20)21/h1-10,17H/b10-9-. The maximum atomic E-state index is 11.9. The zero-order chi connectivity index (χ0) is 15.2. The second kappa shape index (κ2) is 6.81. The third-order valence-electron chi connectivity index (χ3n) is 2.69. The topological polar surface area (TPSA) is 72.2 Å². The average molecular weight is 347 g/mol. The molecule has 2 aromatic carbocycles. The highest BCUT2D eigenvalue weighted by Crippen LogP contribution is 2.15. The van der Waals surface area contributed by atoms with Crippen molar-refractivity contribution in [2.75, 3.05) is 5.32 Å². The van der Waals surface area contributed by atoms with Crippen LogP contribution in [0.3, 0.4) is 0 Å². The molecule has 106 valence electrons. The average Bonchev–Trinajstić information content (AvgIpc) is 2.48. The summed E-state index contributed by atoms with van der Waals surface area (Å²) in [5, 5.41) is 13.4. The molecule has 1 N–H and O–H groups in total. The molecule has 0 amide bonds. The van der Waals surface area contributed by atoms with Crippen molar-refractivity contribution >= 4 is 33.1 Å². The summed E-state index contributed by atoms with van der Waals surface area (Å²) in [7, 11) is 0. The van der Waals surface area contributed by atoms with Gasteiger partial charge < -0.3 is 5.32 Å². The number of hydrogen-bond acceptors (Lipinski definition) is 4.